The summed E-state index contributed by atoms with van der Waals surface area (Å²) < 4.78 is 17.1. The predicted molar refractivity (Wildman–Crippen MR) is 35.8 cm³/mol. The average molecular weight is 162 g/mol. The van der Waals surface area contributed by atoms with Crippen molar-refractivity contribution in [2.75, 3.05) is 7.11 Å². The quantitative estimate of drug-likeness (QED) is 0.587. The van der Waals surface area contributed by atoms with E-state index in [1.54, 1.807) is 0 Å². The summed E-state index contributed by atoms with van der Waals surface area (Å²) in [5.41, 5.74) is 0. The van der Waals surface area contributed by atoms with Crippen LogP contribution in [0.25, 0.3) is 0 Å². The molecule has 0 amide bonds. The van der Waals surface area contributed by atoms with E-state index in [1.165, 1.54) is 7.11 Å². The van der Waals surface area contributed by atoms with Gasteiger partial charge in [-0.2, -0.15) is 0 Å². The number of hydrogen-bond donors (Lipinski definition) is 0. The average Bonchev–Trinajstić information content (AvgIpc) is 1.85. The Balaban J connectivity index is 3.06. The first-order valence-electron chi connectivity index (χ1n) is 2.59. The molecule has 0 aliphatic rings. The van der Waals surface area contributed by atoms with Crippen LogP contribution in [0.4, 0.5) is 4.39 Å². The molecule has 0 atom stereocenters. The molecular formula is C6H5ClFNO. The molecule has 0 aliphatic carbocycles. The Morgan fingerprint density at radius 3 is 2.80 bits per heavy atom. The fraction of sp³-hybridized carbons (Fsp3) is 0.167. The highest BCUT2D eigenvalue weighted by atomic mass is 35.5. The Hall–Kier alpha value is -0.830. The zero-order valence-corrected chi connectivity index (χ0v) is 6.02. The smallest absolute Gasteiger partial charge is 0.217 e. The van der Waals surface area contributed by atoms with Crippen molar-refractivity contribution in [3.05, 3.63) is 23.1 Å². The molecule has 0 aromatic carbocycles. The van der Waals surface area contributed by atoms with Crippen molar-refractivity contribution in [3.63, 3.8) is 0 Å². The Morgan fingerprint density at radius 2 is 2.30 bits per heavy atom. The molecule has 1 rings (SSSR count). The molecule has 0 radical (unpaired) electrons. The van der Waals surface area contributed by atoms with Gasteiger partial charge in [0, 0.05) is 12.1 Å². The fourth-order valence-corrected chi connectivity index (χ4v) is 0.735. The Bertz CT molecular complexity index is 221. The van der Waals surface area contributed by atoms with Crippen LogP contribution in [-0.4, -0.2) is 12.1 Å². The number of pyridine rings is 1. The zero-order valence-electron chi connectivity index (χ0n) is 5.27. The highest BCUT2D eigenvalue weighted by molar-refractivity contribution is 6.29. The van der Waals surface area contributed by atoms with Crippen molar-refractivity contribution < 1.29 is 9.13 Å². The van der Waals surface area contributed by atoms with Crippen LogP contribution < -0.4 is 4.74 Å². The monoisotopic (exact) mass is 161 g/mol. The molecule has 10 heavy (non-hydrogen) atoms. The minimum absolute atomic E-state index is 0.0943. The largest absolute Gasteiger partial charge is 0.481 e. The molecule has 1 aromatic heterocycles. The lowest BCUT2D eigenvalue weighted by Gasteiger charge is -1.97. The first kappa shape index (κ1) is 7.28. The maximum atomic E-state index is 12.4. The van der Waals surface area contributed by atoms with Crippen LogP contribution in [0.5, 0.6) is 5.88 Å². The molecular weight excluding hydrogens is 157 g/mol. The number of methoxy groups -OCH3 is 1. The van der Waals surface area contributed by atoms with Crippen molar-refractivity contribution in [2.24, 2.45) is 0 Å². The van der Waals surface area contributed by atoms with E-state index < -0.39 is 5.82 Å². The van der Waals surface area contributed by atoms with Crippen LogP contribution in [0.3, 0.4) is 0 Å². The number of rotatable bonds is 1. The topological polar surface area (TPSA) is 22.1 Å². The number of hydrogen-bond acceptors (Lipinski definition) is 2. The van der Waals surface area contributed by atoms with Gasteiger partial charge in [-0.25, -0.2) is 9.37 Å². The number of aromatic nitrogens is 1. The standard InChI is InChI=1S/C6H5ClFNO/c1-10-6-3-4(8)2-5(7)9-6/h2-3H,1H3. The summed E-state index contributed by atoms with van der Waals surface area (Å²) in [5.74, 6) is -0.262. The summed E-state index contributed by atoms with van der Waals surface area (Å²) in [6.07, 6.45) is 0. The van der Waals surface area contributed by atoms with Gasteiger partial charge in [0.05, 0.1) is 7.11 Å². The Kier molecular flexibility index (Phi) is 2.06. The van der Waals surface area contributed by atoms with Crippen molar-refractivity contribution in [3.8, 4) is 5.88 Å². The highest BCUT2D eigenvalue weighted by Crippen LogP contribution is 2.13. The lowest BCUT2D eigenvalue weighted by Crippen LogP contribution is -1.88. The Morgan fingerprint density at radius 1 is 1.60 bits per heavy atom. The summed E-state index contributed by atoms with van der Waals surface area (Å²) in [5, 5.41) is 0.0943. The van der Waals surface area contributed by atoms with Gasteiger partial charge in [0.2, 0.25) is 5.88 Å². The normalized spacial score (nSPS) is 9.50. The van der Waals surface area contributed by atoms with Crippen molar-refractivity contribution >= 4 is 11.6 Å². The molecule has 1 heterocycles. The third-order valence-corrected chi connectivity index (χ3v) is 1.14. The molecule has 0 aliphatic heterocycles. The lowest BCUT2D eigenvalue weighted by atomic mass is 10.5. The van der Waals surface area contributed by atoms with Crippen LogP contribution in [0.2, 0.25) is 5.15 Å². The maximum absolute atomic E-state index is 12.4. The summed E-state index contributed by atoms with van der Waals surface area (Å²) in [6, 6.07) is 2.27. The summed E-state index contributed by atoms with van der Waals surface area (Å²) in [7, 11) is 1.40. The van der Waals surface area contributed by atoms with Gasteiger partial charge in [-0.15, -0.1) is 0 Å². The van der Waals surface area contributed by atoms with E-state index in [0.717, 1.165) is 12.1 Å². The van der Waals surface area contributed by atoms with Gasteiger partial charge in [0.1, 0.15) is 11.0 Å². The van der Waals surface area contributed by atoms with Gasteiger partial charge < -0.3 is 4.74 Å². The first-order chi connectivity index (χ1) is 4.72. The predicted octanol–water partition coefficient (Wildman–Crippen LogP) is 1.88. The van der Waals surface area contributed by atoms with Gasteiger partial charge in [-0.05, 0) is 0 Å². The van der Waals surface area contributed by atoms with E-state index in [4.69, 9.17) is 11.6 Å². The highest BCUT2D eigenvalue weighted by Gasteiger charge is 1.98. The van der Waals surface area contributed by atoms with Gasteiger partial charge >= 0.3 is 0 Å². The van der Waals surface area contributed by atoms with E-state index in [2.05, 4.69) is 9.72 Å². The number of nitrogens with zero attached hydrogens (tertiary/aromatic N) is 1. The Labute approximate surface area is 62.6 Å². The second-order valence-corrected chi connectivity index (χ2v) is 2.04. The van der Waals surface area contributed by atoms with E-state index in [-0.39, 0.29) is 11.0 Å². The van der Waals surface area contributed by atoms with Gasteiger partial charge in [-0.1, -0.05) is 11.6 Å². The van der Waals surface area contributed by atoms with Crippen LogP contribution in [0.1, 0.15) is 0 Å². The van der Waals surface area contributed by atoms with E-state index in [0.29, 0.717) is 0 Å². The van der Waals surface area contributed by atoms with Crippen molar-refractivity contribution in [1.29, 1.82) is 0 Å². The van der Waals surface area contributed by atoms with Crippen LogP contribution in [-0.2, 0) is 0 Å². The van der Waals surface area contributed by atoms with E-state index in [9.17, 15) is 4.39 Å². The molecule has 0 saturated carbocycles. The fourth-order valence-electron chi connectivity index (χ4n) is 0.548. The van der Waals surface area contributed by atoms with E-state index in [1.807, 2.05) is 0 Å². The molecule has 4 heteroatoms. The number of halogens is 2. The summed E-state index contributed by atoms with van der Waals surface area (Å²) in [4.78, 5) is 3.66. The molecule has 1 aromatic rings. The van der Waals surface area contributed by atoms with Crippen molar-refractivity contribution in [2.45, 2.75) is 0 Å². The van der Waals surface area contributed by atoms with Gasteiger partial charge in [-0.3, -0.25) is 0 Å². The number of ether oxygens (including phenoxy) is 1. The van der Waals surface area contributed by atoms with Crippen LogP contribution in [0, 0.1) is 5.82 Å². The molecule has 0 N–H and O–H groups in total. The molecule has 0 bridgehead atoms. The van der Waals surface area contributed by atoms with Gasteiger partial charge in [0.15, 0.2) is 0 Å². The zero-order chi connectivity index (χ0) is 7.56. The maximum Gasteiger partial charge on any atom is 0.217 e. The van der Waals surface area contributed by atoms with Crippen LogP contribution in [0.15, 0.2) is 12.1 Å². The van der Waals surface area contributed by atoms with Gasteiger partial charge in [0.25, 0.3) is 0 Å². The molecule has 0 fully saturated rings. The van der Waals surface area contributed by atoms with Crippen molar-refractivity contribution in [1.82, 2.24) is 4.98 Å². The minimum atomic E-state index is -0.447. The lowest BCUT2D eigenvalue weighted by molar-refractivity contribution is 0.394. The first-order valence-corrected chi connectivity index (χ1v) is 2.97. The molecule has 2 nitrogen and oxygen atoms in total. The summed E-state index contributed by atoms with van der Waals surface area (Å²) >= 11 is 5.40. The third kappa shape index (κ3) is 1.57. The molecule has 54 valence electrons. The molecule has 0 unspecified atom stereocenters. The van der Waals surface area contributed by atoms with E-state index >= 15 is 0 Å². The molecule has 0 saturated heterocycles. The second kappa shape index (κ2) is 2.84. The SMILES string of the molecule is COc1cc(F)cc(Cl)n1. The minimum Gasteiger partial charge on any atom is -0.481 e. The third-order valence-electron chi connectivity index (χ3n) is 0.944. The second-order valence-electron chi connectivity index (χ2n) is 1.65. The summed E-state index contributed by atoms with van der Waals surface area (Å²) in [6.45, 7) is 0. The molecule has 0 spiro atoms. The van der Waals surface area contributed by atoms with Crippen LogP contribution >= 0.6 is 11.6 Å².